The zero-order valence-corrected chi connectivity index (χ0v) is 13.3. The molecule has 7 heteroatoms. The summed E-state index contributed by atoms with van der Waals surface area (Å²) >= 11 is 0. The monoisotopic (exact) mass is 314 g/mol. The molecule has 118 valence electrons. The molecule has 0 fully saturated rings. The van der Waals surface area contributed by atoms with E-state index in [4.69, 9.17) is 5.11 Å². The van der Waals surface area contributed by atoms with E-state index in [-0.39, 0.29) is 12.5 Å². The zero-order chi connectivity index (χ0) is 16.0. The molecule has 0 aromatic heterocycles. The molecular weight excluding hydrogens is 292 g/mol. The predicted octanol–water partition coefficient (Wildman–Crippen LogP) is 1.08. The number of anilines is 1. The van der Waals surface area contributed by atoms with E-state index in [9.17, 15) is 13.2 Å². The highest BCUT2D eigenvalue weighted by atomic mass is 32.2. The van der Waals surface area contributed by atoms with E-state index in [2.05, 4.69) is 10.0 Å². The number of hydrogen-bond acceptors (Lipinski definition) is 4. The van der Waals surface area contributed by atoms with Gasteiger partial charge in [-0.2, -0.15) is 0 Å². The first-order valence-electron chi connectivity index (χ1n) is 6.69. The highest BCUT2D eigenvalue weighted by Gasteiger charge is 2.23. The van der Waals surface area contributed by atoms with Gasteiger partial charge in [-0.25, -0.2) is 13.1 Å². The molecule has 1 unspecified atom stereocenters. The molecule has 1 rings (SSSR count). The Bertz CT molecular complexity index is 567. The molecule has 1 aromatic carbocycles. The number of hydrogen-bond donors (Lipinski definition) is 3. The second-order valence-electron chi connectivity index (χ2n) is 5.42. The number of sulfonamides is 1. The highest BCUT2D eigenvalue weighted by Crippen LogP contribution is 2.12. The van der Waals surface area contributed by atoms with Gasteiger partial charge in [-0.05, 0) is 30.0 Å². The lowest BCUT2D eigenvalue weighted by atomic mass is 10.0. The van der Waals surface area contributed by atoms with Crippen LogP contribution in [-0.2, 0) is 21.4 Å². The minimum atomic E-state index is -3.46. The smallest absolute Gasteiger partial charge is 0.242 e. The lowest BCUT2D eigenvalue weighted by Crippen LogP contribution is -2.44. The Hall–Kier alpha value is -1.44. The van der Waals surface area contributed by atoms with Crippen molar-refractivity contribution in [1.29, 1.82) is 0 Å². The van der Waals surface area contributed by atoms with Crippen molar-refractivity contribution in [2.24, 2.45) is 5.92 Å². The topological polar surface area (TPSA) is 95.5 Å². The summed E-state index contributed by atoms with van der Waals surface area (Å²) in [5, 5.41) is 11.6. The molecule has 0 heterocycles. The third-order valence-corrected chi connectivity index (χ3v) is 3.50. The summed E-state index contributed by atoms with van der Waals surface area (Å²) in [4.78, 5) is 12.2. The standard InChI is InChI=1S/C14H22N2O4S/c1-10(2)8-13(16-21(3,19)20)14(18)15-12-6-4-11(9-17)5-7-12/h4-7,10,13,16-17H,8-9H2,1-3H3,(H,15,18). The third-order valence-electron chi connectivity index (χ3n) is 2.78. The van der Waals surface area contributed by atoms with Crippen molar-refractivity contribution in [3.8, 4) is 0 Å². The van der Waals surface area contributed by atoms with E-state index in [1.165, 1.54) is 0 Å². The van der Waals surface area contributed by atoms with Crippen molar-refractivity contribution in [2.75, 3.05) is 11.6 Å². The third kappa shape index (κ3) is 6.70. The quantitative estimate of drug-likeness (QED) is 0.702. The van der Waals surface area contributed by atoms with Crippen LogP contribution in [0.25, 0.3) is 0 Å². The summed E-state index contributed by atoms with van der Waals surface area (Å²) < 4.78 is 25.0. The maximum absolute atomic E-state index is 12.2. The summed E-state index contributed by atoms with van der Waals surface area (Å²) in [7, 11) is -3.46. The molecule has 21 heavy (non-hydrogen) atoms. The molecule has 0 spiro atoms. The van der Waals surface area contributed by atoms with Gasteiger partial charge >= 0.3 is 0 Å². The van der Waals surface area contributed by atoms with Gasteiger partial charge in [0, 0.05) is 5.69 Å². The molecule has 0 saturated carbocycles. The maximum Gasteiger partial charge on any atom is 0.242 e. The van der Waals surface area contributed by atoms with Crippen LogP contribution in [-0.4, -0.2) is 31.7 Å². The lowest BCUT2D eigenvalue weighted by Gasteiger charge is -2.19. The fourth-order valence-corrected chi connectivity index (χ4v) is 2.58. The van der Waals surface area contributed by atoms with E-state index < -0.39 is 22.0 Å². The summed E-state index contributed by atoms with van der Waals surface area (Å²) in [6.45, 7) is 3.76. The molecule has 1 atom stereocenters. The Kier molecular flexibility index (Phi) is 6.32. The van der Waals surface area contributed by atoms with E-state index in [1.54, 1.807) is 24.3 Å². The molecule has 0 radical (unpaired) electrons. The average Bonchev–Trinajstić information content (AvgIpc) is 2.36. The van der Waals surface area contributed by atoms with E-state index in [0.717, 1.165) is 11.8 Å². The zero-order valence-electron chi connectivity index (χ0n) is 12.5. The summed E-state index contributed by atoms with van der Waals surface area (Å²) in [5.41, 5.74) is 1.29. The summed E-state index contributed by atoms with van der Waals surface area (Å²) in [6.07, 6.45) is 1.44. The largest absolute Gasteiger partial charge is 0.392 e. The van der Waals surface area contributed by atoms with Gasteiger partial charge in [0.2, 0.25) is 15.9 Å². The molecule has 0 saturated heterocycles. The van der Waals surface area contributed by atoms with E-state index in [0.29, 0.717) is 12.1 Å². The second-order valence-corrected chi connectivity index (χ2v) is 7.20. The number of carbonyl (C=O) groups is 1. The van der Waals surface area contributed by atoms with Gasteiger partial charge in [0.25, 0.3) is 0 Å². The Morgan fingerprint density at radius 2 is 1.81 bits per heavy atom. The number of aliphatic hydroxyl groups is 1. The van der Waals surface area contributed by atoms with Crippen LogP contribution in [0.4, 0.5) is 5.69 Å². The van der Waals surface area contributed by atoms with Crippen molar-refractivity contribution in [3.05, 3.63) is 29.8 Å². The number of amides is 1. The van der Waals surface area contributed by atoms with Gasteiger partial charge in [0.05, 0.1) is 12.9 Å². The van der Waals surface area contributed by atoms with Crippen molar-refractivity contribution >= 4 is 21.6 Å². The van der Waals surface area contributed by atoms with Gasteiger partial charge < -0.3 is 10.4 Å². The van der Waals surface area contributed by atoms with Crippen LogP contribution < -0.4 is 10.0 Å². The number of nitrogens with one attached hydrogen (secondary N) is 2. The van der Waals surface area contributed by atoms with Crippen LogP contribution in [0.1, 0.15) is 25.8 Å². The number of carbonyl (C=O) groups excluding carboxylic acids is 1. The van der Waals surface area contributed by atoms with Gasteiger partial charge in [-0.3, -0.25) is 4.79 Å². The maximum atomic E-state index is 12.2. The minimum Gasteiger partial charge on any atom is -0.392 e. The Morgan fingerprint density at radius 3 is 2.24 bits per heavy atom. The molecule has 6 nitrogen and oxygen atoms in total. The van der Waals surface area contributed by atoms with Gasteiger partial charge in [-0.1, -0.05) is 26.0 Å². The fraction of sp³-hybridized carbons (Fsp3) is 0.500. The number of aliphatic hydroxyl groups excluding tert-OH is 1. The molecule has 0 aliphatic heterocycles. The van der Waals surface area contributed by atoms with Gasteiger partial charge in [0.1, 0.15) is 6.04 Å². The van der Waals surface area contributed by atoms with E-state index in [1.807, 2.05) is 13.8 Å². The Balaban J connectivity index is 2.79. The van der Waals surface area contributed by atoms with Crippen LogP contribution in [0.5, 0.6) is 0 Å². The molecule has 0 aliphatic rings. The van der Waals surface area contributed by atoms with Crippen molar-refractivity contribution in [3.63, 3.8) is 0 Å². The van der Waals surface area contributed by atoms with Crippen LogP contribution in [0.3, 0.4) is 0 Å². The van der Waals surface area contributed by atoms with Crippen LogP contribution in [0.2, 0.25) is 0 Å². The van der Waals surface area contributed by atoms with E-state index >= 15 is 0 Å². The SMILES string of the molecule is CC(C)CC(NS(C)(=O)=O)C(=O)Nc1ccc(CO)cc1. The summed E-state index contributed by atoms with van der Waals surface area (Å²) in [5.74, 6) is -0.224. The highest BCUT2D eigenvalue weighted by molar-refractivity contribution is 7.88. The molecule has 3 N–H and O–H groups in total. The van der Waals surface area contributed by atoms with Crippen molar-refractivity contribution in [2.45, 2.75) is 32.9 Å². The molecule has 0 bridgehead atoms. The van der Waals surface area contributed by atoms with Crippen molar-refractivity contribution < 1.29 is 18.3 Å². The molecule has 1 aromatic rings. The normalized spacial score (nSPS) is 13.2. The first kappa shape index (κ1) is 17.6. The fourth-order valence-electron chi connectivity index (χ4n) is 1.86. The molecular formula is C14H22N2O4S. The molecule has 0 aliphatic carbocycles. The van der Waals surface area contributed by atoms with Gasteiger partial charge in [0.15, 0.2) is 0 Å². The van der Waals surface area contributed by atoms with Gasteiger partial charge in [-0.15, -0.1) is 0 Å². The number of benzene rings is 1. The van der Waals surface area contributed by atoms with Crippen LogP contribution in [0.15, 0.2) is 24.3 Å². The van der Waals surface area contributed by atoms with Crippen molar-refractivity contribution in [1.82, 2.24) is 4.72 Å². The van der Waals surface area contributed by atoms with Crippen LogP contribution in [0, 0.1) is 5.92 Å². The number of rotatable bonds is 7. The van der Waals surface area contributed by atoms with Crippen LogP contribution >= 0.6 is 0 Å². The molecule has 1 amide bonds. The average molecular weight is 314 g/mol. The second kappa shape index (κ2) is 7.53. The Labute approximate surface area is 125 Å². The predicted molar refractivity (Wildman–Crippen MR) is 82.2 cm³/mol. The first-order chi connectivity index (χ1) is 9.71. The summed E-state index contributed by atoms with van der Waals surface area (Å²) in [6, 6.07) is 5.90. The Morgan fingerprint density at radius 1 is 1.24 bits per heavy atom. The first-order valence-corrected chi connectivity index (χ1v) is 8.58. The minimum absolute atomic E-state index is 0.0696. The lowest BCUT2D eigenvalue weighted by molar-refractivity contribution is -0.118.